The monoisotopic (exact) mass is 343 g/mol. The molecule has 0 radical (unpaired) electrons. The maximum atomic E-state index is 4.88. The Morgan fingerprint density at radius 2 is 1.58 bits per heavy atom. The van der Waals surface area contributed by atoms with Crippen molar-refractivity contribution in [2.24, 2.45) is 0 Å². The second kappa shape index (κ2) is 6.49. The normalized spacial score (nSPS) is 16.3. The lowest BCUT2D eigenvalue weighted by Gasteiger charge is -2.30. The molecule has 0 unspecified atom stereocenters. The third kappa shape index (κ3) is 2.64. The van der Waals surface area contributed by atoms with Gasteiger partial charge in [-0.3, -0.25) is 0 Å². The number of anilines is 4. The molecule has 4 rings (SSSR count). The van der Waals surface area contributed by atoms with Crippen molar-refractivity contribution in [2.75, 3.05) is 9.80 Å². The molecular weight excluding hydrogens is 318 g/mol. The number of pyridine rings is 1. The van der Waals surface area contributed by atoms with Gasteiger partial charge in [-0.05, 0) is 55.2 Å². The smallest absolute Gasteiger partial charge is 0.158 e. The maximum absolute atomic E-state index is 4.88. The molecule has 1 aromatic heterocycles. The molecule has 132 valence electrons. The fraction of sp³-hybridized carbons (Fsp3) is 0.261. The average Bonchev–Trinajstić information content (AvgIpc) is 2.94. The quantitative estimate of drug-likeness (QED) is 0.568. The lowest BCUT2D eigenvalue weighted by molar-refractivity contribution is 0.755. The first-order chi connectivity index (χ1) is 12.6. The molecule has 0 spiro atoms. The Morgan fingerprint density at radius 3 is 2.27 bits per heavy atom. The van der Waals surface area contributed by atoms with Gasteiger partial charge >= 0.3 is 0 Å². The predicted molar refractivity (Wildman–Crippen MR) is 110 cm³/mol. The summed E-state index contributed by atoms with van der Waals surface area (Å²) in [4.78, 5) is 9.62. The van der Waals surface area contributed by atoms with E-state index in [1.54, 1.807) is 0 Å². The van der Waals surface area contributed by atoms with Crippen LogP contribution in [0.5, 0.6) is 0 Å². The number of hydrogen-bond donors (Lipinski definition) is 0. The Morgan fingerprint density at radius 1 is 0.885 bits per heavy atom. The molecule has 3 aromatic rings. The number of aryl methyl sites for hydroxylation is 1. The van der Waals surface area contributed by atoms with Crippen LogP contribution in [0.15, 0.2) is 66.9 Å². The van der Waals surface area contributed by atoms with Crippen LogP contribution in [-0.4, -0.2) is 11.1 Å². The summed E-state index contributed by atoms with van der Waals surface area (Å²) < 4.78 is 0. The second-order valence-electron chi connectivity index (χ2n) is 7.26. The molecule has 0 N–H and O–H groups in total. The molecular formula is C23H25N3. The van der Waals surface area contributed by atoms with E-state index in [2.05, 4.69) is 98.2 Å². The fourth-order valence-corrected chi connectivity index (χ4v) is 3.73. The molecule has 26 heavy (non-hydrogen) atoms. The van der Waals surface area contributed by atoms with Crippen LogP contribution in [0.4, 0.5) is 22.9 Å². The van der Waals surface area contributed by atoms with Crippen molar-refractivity contribution in [1.82, 2.24) is 4.98 Å². The van der Waals surface area contributed by atoms with E-state index in [-0.39, 0.29) is 6.17 Å². The molecule has 1 aliphatic heterocycles. The minimum absolute atomic E-state index is 0.156. The van der Waals surface area contributed by atoms with E-state index in [1.165, 1.54) is 28.2 Å². The van der Waals surface area contributed by atoms with Gasteiger partial charge in [-0.2, -0.15) is 0 Å². The van der Waals surface area contributed by atoms with Gasteiger partial charge in [-0.15, -0.1) is 0 Å². The lowest BCUT2D eigenvalue weighted by atomic mass is 10.0. The van der Waals surface area contributed by atoms with Gasteiger partial charge in [0.15, 0.2) is 5.82 Å². The Balaban J connectivity index is 1.92. The van der Waals surface area contributed by atoms with Crippen molar-refractivity contribution in [3.05, 3.63) is 78.0 Å². The van der Waals surface area contributed by atoms with E-state index in [1.807, 2.05) is 6.20 Å². The predicted octanol–water partition coefficient (Wildman–Crippen LogP) is 6.15. The summed E-state index contributed by atoms with van der Waals surface area (Å²) >= 11 is 0. The van der Waals surface area contributed by atoms with E-state index in [9.17, 15) is 0 Å². The largest absolute Gasteiger partial charge is 0.317 e. The van der Waals surface area contributed by atoms with Gasteiger partial charge in [0, 0.05) is 17.6 Å². The number of aromatic nitrogens is 1. The number of para-hydroxylation sites is 2. The van der Waals surface area contributed by atoms with Gasteiger partial charge < -0.3 is 9.80 Å². The van der Waals surface area contributed by atoms with Crippen molar-refractivity contribution in [1.29, 1.82) is 0 Å². The summed E-state index contributed by atoms with van der Waals surface area (Å²) in [5.74, 6) is 1.48. The van der Waals surface area contributed by atoms with Crippen molar-refractivity contribution < 1.29 is 0 Å². The highest BCUT2D eigenvalue weighted by molar-refractivity contribution is 5.86. The molecule has 0 bridgehead atoms. The fourth-order valence-electron chi connectivity index (χ4n) is 3.73. The number of benzene rings is 2. The third-order valence-corrected chi connectivity index (χ3v) is 5.18. The van der Waals surface area contributed by atoms with Gasteiger partial charge in [0.05, 0.1) is 5.69 Å². The third-order valence-electron chi connectivity index (χ3n) is 5.18. The molecule has 2 aromatic carbocycles. The van der Waals surface area contributed by atoms with E-state index in [0.717, 1.165) is 5.82 Å². The first kappa shape index (κ1) is 16.6. The van der Waals surface area contributed by atoms with Crippen LogP contribution in [0.2, 0.25) is 0 Å². The lowest BCUT2D eigenvalue weighted by Crippen LogP contribution is -2.35. The molecule has 0 aliphatic carbocycles. The zero-order valence-electron chi connectivity index (χ0n) is 15.8. The Labute approximate surface area is 155 Å². The van der Waals surface area contributed by atoms with Gasteiger partial charge in [0.2, 0.25) is 0 Å². The Kier molecular flexibility index (Phi) is 4.15. The second-order valence-corrected chi connectivity index (χ2v) is 7.26. The number of fused-ring (bicyclic) bond motifs is 1. The molecule has 0 fully saturated rings. The van der Waals surface area contributed by atoms with E-state index < -0.39 is 0 Å². The van der Waals surface area contributed by atoms with Crippen molar-refractivity contribution in [2.45, 2.75) is 39.8 Å². The highest BCUT2D eigenvalue weighted by Gasteiger charge is 2.36. The molecule has 2 heterocycles. The summed E-state index contributed by atoms with van der Waals surface area (Å²) in [7, 11) is 0. The Hall–Kier alpha value is -2.81. The van der Waals surface area contributed by atoms with Crippen molar-refractivity contribution >= 4 is 22.9 Å². The van der Waals surface area contributed by atoms with Crippen LogP contribution in [-0.2, 0) is 0 Å². The zero-order chi connectivity index (χ0) is 18.3. The van der Waals surface area contributed by atoms with E-state index >= 15 is 0 Å². The summed E-state index contributed by atoms with van der Waals surface area (Å²) in [6.45, 7) is 8.85. The van der Waals surface area contributed by atoms with Crippen LogP contribution in [0.1, 0.15) is 37.8 Å². The van der Waals surface area contributed by atoms with E-state index in [4.69, 9.17) is 4.98 Å². The van der Waals surface area contributed by atoms with Crippen LogP contribution in [0.3, 0.4) is 0 Å². The molecule has 3 heteroatoms. The average molecular weight is 343 g/mol. The van der Waals surface area contributed by atoms with Gasteiger partial charge in [0.25, 0.3) is 0 Å². The number of nitrogens with zero attached hydrogens (tertiary/aromatic N) is 3. The van der Waals surface area contributed by atoms with Crippen LogP contribution in [0.25, 0.3) is 0 Å². The highest BCUT2D eigenvalue weighted by Crippen LogP contribution is 2.47. The van der Waals surface area contributed by atoms with Crippen LogP contribution < -0.4 is 9.80 Å². The summed E-state index contributed by atoms with van der Waals surface area (Å²) in [5, 5.41) is 0. The minimum Gasteiger partial charge on any atom is -0.317 e. The van der Waals surface area contributed by atoms with E-state index in [0.29, 0.717) is 5.92 Å². The van der Waals surface area contributed by atoms with Crippen LogP contribution >= 0.6 is 0 Å². The SMILES string of the molecule is Cc1ccccc1N1c2cc(C(C)C)cnc2N(c2ccccc2)[C@@H]1C. The first-order valence-electron chi connectivity index (χ1n) is 9.27. The standard InChI is InChI=1S/C23H25N3/c1-16(2)19-14-22-23(24-15-19)25(20-11-6-5-7-12-20)18(4)26(22)21-13-9-8-10-17(21)3/h5-16,18H,1-4H3/t18-/m0/s1. The summed E-state index contributed by atoms with van der Waals surface area (Å²) in [6.07, 6.45) is 2.18. The number of hydrogen-bond acceptors (Lipinski definition) is 3. The van der Waals surface area contributed by atoms with Gasteiger partial charge in [-0.25, -0.2) is 4.98 Å². The summed E-state index contributed by atoms with van der Waals surface area (Å²) in [5.41, 5.74) is 6.13. The van der Waals surface area contributed by atoms with Crippen molar-refractivity contribution in [3.63, 3.8) is 0 Å². The molecule has 0 saturated heterocycles. The highest BCUT2D eigenvalue weighted by atomic mass is 15.4. The van der Waals surface area contributed by atoms with Crippen LogP contribution in [0, 0.1) is 6.92 Å². The molecule has 1 atom stereocenters. The molecule has 0 amide bonds. The molecule has 3 nitrogen and oxygen atoms in total. The maximum Gasteiger partial charge on any atom is 0.158 e. The van der Waals surface area contributed by atoms with Gasteiger partial charge in [0.1, 0.15) is 6.17 Å². The summed E-state index contributed by atoms with van der Waals surface area (Å²) in [6, 6.07) is 21.4. The topological polar surface area (TPSA) is 19.4 Å². The molecule has 1 aliphatic rings. The first-order valence-corrected chi connectivity index (χ1v) is 9.27. The zero-order valence-corrected chi connectivity index (χ0v) is 15.8. The molecule has 0 saturated carbocycles. The van der Waals surface area contributed by atoms with Crippen molar-refractivity contribution in [3.8, 4) is 0 Å². The van der Waals surface area contributed by atoms with Gasteiger partial charge in [-0.1, -0.05) is 50.2 Å². The minimum atomic E-state index is 0.156. The number of rotatable bonds is 3. The Bertz CT molecular complexity index is 918.